The van der Waals surface area contributed by atoms with Crippen LogP contribution in [0.5, 0.6) is 0 Å². The summed E-state index contributed by atoms with van der Waals surface area (Å²) < 4.78 is 14.3. The molecule has 0 aliphatic heterocycles. The zero-order valence-electron chi connectivity index (χ0n) is 11.7. The van der Waals surface area contributed by atoms with Gasteiger partial charge in [-0.25, -0.2) is 9.07 Å². The van der Waals surface area contributed by atoms with E-state index >= 15 is 0 Å². The molecule has 0 aliphatic rings. The number of hydrogen-bond donors (Lipinski definition) is 1. The molecule has 110 valence electrons. The first-order valence-corrected chi connectivity index (χ1v) is 6.71. The lowest BCUT2D eigenvalue weighted by atomic mass is 10.2. The fourth-order valence-electron chi connectivity index (χ4n) is 1.86. The van der Waals surface area contributed by atoms with Gasteiger partial charge >= 0.3 is 0 Å². The molecule has 21 heavy (non-hydrogen) atoms. The standard InChI is InChI=1S/C15H16FN3O2/c1-2-8-19-14(20)7-6-13(18-19)15(21)17-10-11-4-3-5-12(16)9-11/h3-7,9H,2,8,10H2,1H3,(H,17,21). The lowest BCUT2D eigenvalue weighted by Crippen LogP contribution is -2.29. The molecule has 2 aromatic rings. The van der Waals surface area contributed by atoms with Gasteiger partial charge in [0.05, 0.1) is 0 Å². The van der Waals surface area contributed by atoms with Gasteiger partial charge in [-0.05, 0) is 30.2 Å². The average Bonchev–Trinajstić information content (AvgIpc) is 2.47. The molecule has 2 rings (SSSR count). The van der Waals surface area contributed by atoms with Crippen LogP contribution in [0.1, 0.15) is 29.4 Å². The summed E-state index contributed by atoms with van der Waals surface area (Å²) in [5.41, 5.74) is 0.586. The molecule has 0 saturated carbocycles. The van der Waals surface area contributed by atoms with Crippen molar-refractivity contribution in [2.45, 2.75) is 26.4 Å². The zero-order valence-corrected chi connectivity index (χ0v) is 11.7. The summed E-state index contributed by atoms with van der Waals surface area (Å²) in [7, 11) is 0. The van der Waals surface area contributed by atoms with E-state index in [2.05, 4.69) is 10.4 Å². The second-order valence-electron chi connectivity index (χ2n) is 4.59. The van der Waals surface area contributed by atoms with Gasteiger partial charge in [0.2, 0.25) is 0 Å². The van der Waals surface area contributed by atoms with Crippen LogP contribution in [0.25, 0.3) is 0 Å². The highest BCUT2D eigenvalue weighted by atomic mass is 19.1. The van der Waals surface area contributed by atoms with Gasteiger partial charge in [0.1, 0.15) is 11.5 Å². The molecule has 1 aromatic heterocycles. The van der Waals surface area contributed by atoms with Crippen LogP contribution < -0.4 is 10.9 Å². The number of rotatable bonds is 5. The van der Waals surface area contributed by atoms with Gasteiger partial charge < -0.3 is 5.32 Å². The first-order chi connectivity index (χ1) is 10.1. The molecule has 0 fully saturated rings. The van der Waals surface area contributed by atoms with E-state index in [0.29, 0.717) is 12.1 Å². The maximum atomic E-state index is 13.0. The topological polar surface area (TPSA) is 64.0 Å². The van der Waals surface area contributed by atoms with E-state index in [4.69, 9.17) is 0 Å². The third-order valence-electron chi connectivity index (χ3n) is 2.88. The van der Waals surface area contributed by atoms with E-state index in [1.807, 2.05) is 6.92 Å². The van der Waals surface area contributed by atoms with Crippen LogP contribution in [0.4, 0.5) is 4.39 Å². The summed E-state index contributed by atoms with van der Waals surface area (Å²) in [6.45, 7) is 2.58. The van der Waals surface area contributed by atoms with Crippen LogP contribution in [-0.4, -0.2) is 15.7 Å². The smallest absolute Gasteiger partial charge is 0.271 e. The molecule has 0 aliphatic carbocycles. The molecule has 5 nitrogen and oxygen atoms in total. The molecule has 0 bridgehead atoms. The van der Waals surface area contributed by atoms with Crippen LogP contribution in [0, 0.1) is 5.82 Å². The summed E-state index contributed by atoms with van der Waals surface area (Å²) in [5, 5.41) is 6.66. The number of nitrogens with one attached hydrogen (secondary N) is 1. The normalized spacial score (nSPS) is 10.4. The van der Waals surface area contributed by atoms with Gasteiger partial charge in [-0.2, -0.15) is 5.10 Å². The van der Waals surface area contributed by atoms with Gasteiger partial charge in [0, 0.05) is 19.2 Å². The Bertz CT molecular complexity index is 697. The number of carbonyl (C=O) groups is 1. The zero-order chi connectivity index (χ0) is 15.2. The fourth-order valence-corrected chi connectivity index (χ4v) is 1.86. The molecule has 1 amide bonds. The number of amides is 1. The third-order valence-corrected chi connectivity index (χ3v) is 2.88. The number of benzene rings is 1. The molecule has 6 heteroatoms. The van der Waals surface area contributed by atoms with Crippen molar-refractivity contribution in [1.82, 2.24) is 15.1 Å². The lowest BCUT2D eigenvalue weighted by Gasteiger charge is -2.07. The van der Waals surface area contributed by atoms with Crippen molar-refractivity contribution in [3.05, 3.63) is 63.8 Å². The highest BCUT2D eigenvalue weighted by molar-refractivity contribution is 5.91. The largest absolute Gasteiger partial charge is 0.347 e. The van der Waals surface area contributed by atoms with E-state index < -0.39 is 5.91 Å². The Kier molecular flexibility index (Phi) is 4.81. The van der Waals surface area contributed by atoms with E-state index in [0.717, 1.165) is 6.42 Å². The Hall–Kier alpha value is -2.50. The molecule has 0 spiro atoms. The van der Waals surface area contributed by atoms with Crippen LogP contribution in [0.3, 0.4) is 0 Å². The predicted octanol–water partition coefficient (Wildman–Crippen LogP) is 1.72. The van der Waals surface area contributed by atoms with E-state index in [1.54, 1.807) is 12.1 Å². The van der Waals surface area contributed by atoms with Crippen molar-refractivity contribution in [3.63, 3.8) is 0 Å². The molecular weight excluding hydrogens is 273 g/mol. The first kappa shape index (κ1) is 14.9. The summed E-state index contributed by atoms with van der Waals surface area (Å²) in [6, 6.07) is 8.69. The van der Waals surface area contributed by atoms with Crippen LogP contribution in [-0.2, 0) is 13.1 Å². The second kappa shape index (κ2) is 6.78. The van der Waals surface area contributed by atoms with Gasteiger partial charge in [-0.3, -0.25) is 9.59 Å². The Morgan fingerprint density at radius 1 is 1.33 bits per heavy atom. The maximum absolute atomic E-state index is 13.0. The number of hydrogen-bond acceptors (Lipinski definition) is 3. The van der Waals surface area contributed by atoms with Gasteiger partial charge in [0.25, 0.3) is 11.5 Å². The quantitative estimate of drug-likeness (QED) is 0.911. The van der Waals surface area contributed by atoms with Crippen molar-refractivity contribution in [2.75, 3.05) is 0 Å². The summed E-state index contributed by atoms with van der Waals surface area (Å²) in [5.74, 6) is -0.750. The van der Waals surface area contributed by atoms with Gasteiger partial charge in [-0.1, -0.05) is 19.1 Å². The molecular formula is C15H16FN3O2. The fraction of sp³-hybridized carbons (Fsp3) is 0.267. The minimum atomic E-state index is -0.399. The number of nitrogens with zero attached hydrogens (tertiary/aromatic N) is 2. The summed E-state index contributed by atoms with van der Waals surface area (Å²) >= 11 is 0. The summed E-state index contributed by atoms with van der Waals surface area (Å²) in [6.07, 6.45) is 0.751. The highest BCUT2D eigenvalue weighted by Crippen LogP contribution is 2.03. The average molecular weight is 289 g/mol. The lowest BCUT2D eigenvalue weighted by molar-refractivity contribution is 0.0943. The molecule has 0 saturated heterocycles. The number of carbonyl (C=O) groups excluding carboxylic acids is 1. The Balaban J connectivity index is 2.06. The Morgan fingerprint density at radius 3 is 2.86 bits per heavy atom. The van der Waals surface area contributed by atoms with Crippen LogP contribution in [0.15, 0.2) is 41.2 Å². The molecule has 0 unspecified atom stereocenters. The number of halogens is 1. The van der Waals surface area contributed by atoms with Gasteiger partial charge in [-0.15, -0.1) is 0 Å². The molecule has 1 heterocycles. The number of aryl methyl sites for hydroxylation is 1. The third kappa shape index (κ3) is 3.98. The van der Waals surface area contributed by atoms with Crippen molar-refractivity contribution in [3.8, 4) is 0 Å². The van der Waals surface area contributed by atoms with Crippen LogP contribution >= 0.6 is 0 Å². The van der Waals surface area contributed by atoms with Crippen molar-refractivity contribution in [1.29, 1.82) is 0 Å². The second-order valence-corrected chi connectivity index (χ2v) is 4.59. The predicted molar refractivity (Wildman–Crippen MR) is 76.4 cm³/mol. The van der Waals surface area contributed by atoms with Crippen molar-refractivity contribution in [2.24, 2.45) is 0 Å². The molecule has 0 atom stereocenters. The highest BCUT2D eigenvalue weighted by Gasteiger charge is 2.09. The molecule has 0 radical (unpaired) electrons. The van der Waals surface area contributed by atoms with Gasteiger partial charge in [0.15, 0.2) is 0 Å². The van der Waals surface area contributed by atoms with E-state index in [-0.39, 0.29) is 23.6 Å². The monoisotopic (exact) mass is 289 g/mol. The Morgan fingerprint density at radius 2 is 2.14 bits per heavy atom. The molecule has 1 aromatic carbocycles. The summed E-state index contributed by atoms with van der Waals surface area (Å²) in [4.78, 5) is 23.5. The Labute approximate surface area is 121 Å². The van der Waals surface area contributed by atoms with Crippen molar-refractivity contribution >= 4 is 5.91 Å². The number of aromatic nitrogens is 2. The van der Waals surface area contributed by atoms with E-state index in [1.165, 1.54) is 28.9 Å². The minimum absolute atomic E-state index is 0.166. The van der Waals surface area contributed by atoms with Crippen molar-refractivity contribution < 1.29 is 9.18 Å². The SMILES string of the molecule is CCCn1nc(C(=O)NCc2cccc(F)c2)ccc1=O. The first-order valence-electron chi connectivity index (χ1n) is 6.71. The minimum Gasteiger partial charge on any atom is -0.347 e. The van der Waals surface area contributed by atoms with Crippen LogP contribution in [0.2, 0.25) is 0 Å². The molecule has 1 N–H and O–H groups in total. The van der Waals surface area contributed by atoms with E-state index in [9.17, 15) is 14.0 Å². The maximum Gasteiger partial charge on any atom is 0.271 e.